The lowest BCUT2D eigenvalue weighted by Gasteiger charge is -2.19. The van der Waals surface area contributed by atoms with E-state index in [0.29, 0.717) is 5.56 Å². The number of hydrogen-bond donors (Lipinski definition) is 2. The minimum Gasteiger partial charge on any atom is -0.267 e. The number of nitro groups is 1. The molecule has 7 heteroatoms. The minimum absolute atomic E-state index is 0.0147. The molecule has 0 aliphatic carbocycles. The lowest BCUT2D eigenvalue weighted by molar-refractivity contribution is -0.384. The SMILES string of the molecule is CC(C)(C)c1ccc(C(=O)NNC(=O)c2ccc([N+](=O)[O-])cc2)cc1. The van der Waals surface area contributed by atoms with Gasteiger partial charge in [0.05, 0.1) is 4.92 Å². The van der Waals surface area contributed by atoms with Gasteiger partial charge in [0.1, 0.15) is 0 Å². The van der Waals surface area contributed by atoms with Gasteiger partial charge in [-0.1, -0.05) is 32.9 Å². The first-order chi connectivity index (χ1) is 11.7. The molecular formula is C18H19N3O4. The largest absolute Gasteiger partial charge is 0.269 e. The summed E-state index contributed by atoms with van der Waals surface area (Å²) in [5, 5.41) is 10.6. The van der Waals surface area contributed by atoms with E-state index < -0.39 is 16.7 Å². The van der Waals surface area contributed by atoms with Crippen LogP contribution in [0.4, 0.5) is 5.69 Å². The number of benzene rings is 2. The van der Waals surface area contributed by atoms with Gasteiger partial charge in [-0.05, 0) is 35.2 Å². The zero-order chi connectivity index (χ0) is 18.6. The molecule has 130 valence electrons. The van der Waals surface area contributed by atoms with Gasteiger partial charge in [-0.15, -0.1) is 0 Å². The summed E-state index contributed by atoms with van der Waals surface area (Å²) in [6.45, 7) is 6.23. The molecule has 0 bridgehead atoms. The number of nitrogens with zero attached hydrogens (tertiary/aromatic N) is 1. The van der Waals surface area contributed by atoms with E-state index in [1.165, 1.54) is 24.3 Å². The number of non-ortho nitro benzene ring substituents is 1. The van der Waals surface area contributed by atoms with Crippen LogP contribution in [0.15, 0.2) is 48.5 Å². The summed E-state index contributed by atoms with van der Waals surface area (Å²) in [7, 11) is 0. The first-order valence-corrected chi connectivity index (χ1v) is 7.64. The van der Waals surface area contributed by atoms with Crippen LogP contribution in [0, 0.1) is 10.1 Å². The topological polar surface area (TPSA) is 101 Å². The molecule has 0 aliphatic rings. The molecule has 0 heterocycles. The van der Waals surface area contributed by atoms with Gasteiger partial charge in [-0.25, -0.2) is 0 Å². The number of hydrazine groups is 1. The Bertz CT molecular complexity index is 791. The summed E-state index contributed by atoms with van der Waals surface area (Å²) in [5.41, 5.74) is 6.19. The van der Waals surface area contributed by atoms with Crippen LogP contribution in [-0.2, 0) is 5.41 Å². The third-order valence-corrected chi connectivity index (χ3v) is 3.64. The molecule has 0 saturated carbocycles. The number of hydrogen-bond acceptors (Lipinski definition) is 4. The molecule has 2 amide bonds. The Hall–Kier alpha value is -3.22. The van der Waals surface area contributed by atoms with Gasteiger partial charge in [-0.2, -0.15) is 0 Å². The fourth-order valence-corrected chi connectivity index (χ4v) is 2.11. The molecule has 7 nitrogen and oxygen atoms in total. The molecule has 0 saturated heterocycles. The third kappa shape index (κ3) is 4.63. The molecule has 2 aromatic carbocycles. The number of nitrogens with one attached hydrogen (secondary N) is 2. The Labute approximate surface area is 145 Å². The van der Waals surface area contributed by atoms with E-state index in [1.54, 1.807) is 12.1 Å². The fourth-order valence-electron chi connectivity index (χ4n) is 2.11. The lowest BCUT2D eigenvalue weighted by atomic mass is 9.87. The fraction of sp³-hybridized carbons (Fsp3) is 0.222. The second-order valence-electron chi connectivity index (χ2n) is 6.54. The standard InChI is InChI=1S/C18H19N3O4/c1-18(2,3)14-8-4-12(5-9-14)16(22)19-20-17(23)13-6-10-15(11-7-13)21(24)25/h4-11H,1-3H3,(H,19,22)(H,20,23). The van der Waals surface area contributed by atoms with Crippen LogP contribution in [0.25, 0.3) is 0 Å². The number of carbonyl (C=O) groups is 2. The number of rotatable bonds is 3. The van der Waals surface area contributed by atoms with Crippen molar-refractivity contribution in [3.63, 3.8) is 0 Å². The van der Waals surface area contributed by atoms with Gasteiger partial charge in [-0.3, -0.25) is 30.6 Å². The van der Waals surface area contributed by atoms with Crippen molar-refractivity contribution < 1.29 is 14.5 Å². The average molecular weight is 341 g/mol. The number of nitro benzene ring substituents is 1. The Kier molecular flexibility index (Phi) is 5.17. The van der Waals surface area contributed by atoms with Crippen LogP contribution in [-0.4, -0.2) is 16.7 Å². The molecular weight excluding hydrogens is 322 g/mol. The average Bonchev–Trinajstić information content (AvgIpc) is 2.58. The van der Waals surface area contributed by atoms with E-state index in [2.05, 4.69) is 31.6 Å². The van der Waals surface area contributed by atoms with Gasteiger partial charge in [0.15, 0.2) is 0 Å². The van der Waals surface area contributed by atoms with E-state index in [9.17, 15) is 19.7 Å². The Morgan fingerprint density at radius 1 is 0.840 bits per heavy atom. The monoisotopic (exact) mass is 341 g/mol. The van der Waals surface area contributed by atoms with Crippen LogP contribution in [0.5, 0.6) is 0 Å². The molecule has 0 aliphatic heterocycles. The van der Waals surface area contributed by atoms with Gasteiger partial charge in [0.2, 0.25) is 0 Å². The first kappa shape index (κ1) is 18.1. The van der Waals surface area contributed by atoms with E-state index in [1.807, 2.05) is 12.1 Å². The van der Waals surface area contributed by atoms with Crippen LogP contribution >= 0.6 is 0 Å². The summed E-state index contributed by atoms with van der Waals surface area (Å²) in [6, 6.07) is 12.2. The summed E-state index contributed by atoms with van der Waals surface area (Å²) in [5.74, 6) is -1.01. The molecule has 2 rings (SSSR count). The minimum atomic E-state index is -0.561. The molecule has 0 aromatic heterocycles. The molecule has 0 spiro atoms. The Balaban J connectivity index is 1.97. The van der Waals surface area contributed by atoms with Crippen molar-refractivity contribution in [2.24, 2.45) is 0 Å². The molecule has 0 radical (unpaired) electrons. The molecule has 0 fully saturated rings. The highest BCUT2D eigenvalue weighted by molar-refractivity contribution is 5.99. The van der Waals surface area contributed by atoms with Crippen molar-refractivity contribution in [2.75, 3.05) is 0 Å². The maximum Gasteiger partial charge on any atom is 0.269 e. The van der Waals surface area contributed by atoms with Gasteiger partial charge >= 0.3 is 0 Å². The number of carbonyl (C=O) groups excluding carboxylic acids is 2. The first-order valence-electron chi connectivity index (χ1n) is 7.64. The van der Waals surface area contributed by atoms with E-state index in [0.717, 1.165) is 5.56 Å². The van der Waals surface area contributed by atoms with Gasteiger partial charge in [0.25, 0.3) is 17.5 Å². The van der Waals surface area contributed by atoms with Crippen molar-refractivity contribution in [2.45, 2.75) is 26.2 Å². The van der Waals surface area contributed by atoms with Crippen LogP contribution in [0.3, 0.4) is 0 Å². The lowest BCUT2D eigenvalue weighted by Crippen LogP contribution is -2.41. The van der Waals surface area contributed by atoms with Gasteiger partial charge < -0.3 is 0 Å². The van der Waals surface area contributed by atoms with Crippen molar-refractivity contribution in [3.8, 4) is 0 Å². The predicted molar refractivity (Wildman–Crippen MR) is 93.2 cm³/mol. The molecule has 25 heavy (non-hydrogen) atoms. The maximum atomic E-state index is 12.1. The van der Waals surface area contributed by atoms with Crippen LogP contribution < -0.4 is 10.9 Å². The highest BCUT2D eigenvalue weighted by Gasteiger charge is 2.15. The second-order valence-corrected chi connectivity index (χ2v) is 6.54. The Morgan fingerprint density at radius 3 is 1.60 bits per heavy atom. The van der Waals surface area contributed by atoms with E-state index >= 15 is 0 Å². The number of amides is 2. The maximum absolute atomic E-state index is 12.1. The summed E-state index contributed by atoms with van der Waals surface area (Å²) in [6.07, 6.45) is 0. The zero-order valence-corrected chi connectivity index (χ0v) is 14.2. The van der Waals surface area contributed by atoms with Crippen molar-refractivity contribution in [1.29, 1.82) is 0 Å². The molecule has 2 aromatic rings. The predicted octanol–water partition coefficient (Wildman–Crippen LogP) is 2.97. The van der Waals surface area contributed by atoms with E-state index in [-0.39, 0.29) is 16.7 Å². The molecule has 2 N–H and O–H groups in total. The summed E-state index contributed by atoms with van der Waals surface area (Å²) in [4.78, 5) is 34.1. The summed E-state index contributed by atoms with van der Waals surface area (Å²) < 4.78 is 0. The smallest absolute Gasteiger partial charge is 0.267 e. The normalized spacial score (nSPS) is 10.8. The van der Waals surface area contributed by atoms with E-state index in [4.69, 9.17) is 0 Å². The van der Waals surface area contributed by atoms with Crippen LogP contribution in [0.2, 0.25) is 0 Å². The zero-order valence-electron chi connectivity index (χ0n) is 14.2. The highest BCUT2D eigenvalue weighted by atomic mass is 16.6. The Morgan fingerprint density at radius 2 is 1.24 bits per heavy atom. The third-order valence-electron chi connectivity index (χ3n) is 3.64. The highest BCUT2D eigenvalue weighted by Crippen LogP contribution is 2.22. The molecule has 0 atom stereocenters. The van der Waals surface area contributed by atoms with Crippen molar-refractivity contribution in [1.82, 2.24) is 10.9 Å². The second kappa shape index (κ2) is 7.12. The van der Waals surface area contributed by atoms with Crippen molar-refractivity contribution in [3.05, 3.63) is 75.3 Å². The van der Waals surface area contributed by atoms with Crippen molar-refractivity contribution >= 4 is 17.5 Å². The molecule has 0 unspecified atom stereocenters. The van der Waals surface area contributed by atoms with Gasteiger partial charge in [0, 0.05) is 23.3 Å². The summed E-state index contributed by atoms with van der Waals surface area (Å²) >= 11 is 0. The quantitative estimate of drug-likeness (QED) is 0.662. The van der Waals surface area contributed by atoms with Crippen LogP contribution in [0.1, 0.15) is 47.1 Å².